The molecule has 0 aliphatic heterocycles. The van der Waals surface area contributed by atoms with E-state index >= 15 is 0 Å². The Labute approximate surface area is 450 Å². The van der Waals surface area contributed by atoms with Gasteiger partial charge in [0, 0.05) is 0 Å². The van der Waals surface area contributed by atoms with Crippen molar-refractivity contribution in [2.24, 2.45) is 0 Å². The van der Waals surface area contributed by atoms with Crippen molar-refractivity contribution in [3.8, 4) is 0 Å². The quantitative estimate of drug-likeness (QED) is 0.0371. The normalized spacial score (nSPS) is 11.8. The summed E-state index contributed by atoms with van der Waals surface area (Å²) in [5, 5.41) is 0. The van der Waals surface area contributed by atoms with Crippen molar-refractivity contribution in [2.75, 3.05) is 0 Å². The molecule has 0 amide bonds. The van der Waals surface area contributed by atoms with Crippen LogP contribution in [0.15, 0.2) is 17.0 Å². The SMILES string of the molecule is CCCCCCCCCCCCCCCCCCCc1ccc(S(=O)(=O)[O-])c(CCCCCCCCCCCCCCCCCCC)c1CCCCCCCCCCCCCCCCCCC.[Na+]. The molecule has 0 saturated carbocycles. The van der Waals surface area contributed by atoms with Crippen LogP contribution in [-0.4, -0.2) is 13.0 Å². The maximum Gasteiger partial charge on any atom is 1.00 e. The van der Waals surface area contributed by atoms with E-state index in [1.165, 1.54) is 313 Å². The van der Waals surface area contributed by atoms with Gasteiger partial charge in [-0.25, -0.2) is 8.42 Å². The van der Waals surface area contributed by atoms with Gasteiger partial charge in [0.05, 0.1) is 4.90 Å². The third-order valence-corrected chi connectivity index (χ3v) is 16.3. The Hall–Kier alpha value is 0.130. The summed E-state index contributed by atoms with van der Waals surface area (Å²) < 4.78 is 38.1. The van der Waals surface area contributed by atoms with Crippen molar-refractivity contribution < 1.29 is 42.5 Å². The minimum atomic E-state index is -4.51. The van der Waals surface area contributed by atoms with E-state index in [2.05, 4.69) is 20.8 Å². The molecule has 5 heteroatoms. The van der Waals surface area contributed by atoms with Gasteiger partial charge in [0.15, 0.2) is 0 Å². The summed E-state index contributed by atoms with van der Waals surface area (Å²) in [6, 6.07) is 3.71. The van der Waals surface area contributed by atoms with Gasteiger partial charge < -0.3 is 4.55 Å². The van der Waals surface area contributed by atoms with Gasteiger partial charge in [-0.3, -0.25) is 0 Å². The summed E-state index contributed by atoms with van der Waals surface area (Å²) >= 11 is 0. The van der Waals surface area contributed by atoms with Gasteiger partial charge in [0.2, 0.25) is 0 Å². The van der Waals surface area contributed by atoms with Crippen molar-refractivity contribution in [3.05, 3.63) is 28.8 Å². The van der Waals surface area contributed by atoms with Crippen LogP contribution >= 0.6 is 0 Å². The first-order chi connectivity index (χ1) is 33.0. The van der Waals surface area contributed by atoms with Crippen molar-refractivity contribution in [3.63, 3.8) is 0 Å². The molecule has 0 N–H and O–H groups in total. The zero-order chi connectivity index (χ0) is 48.4. The predicted octanol–water partition coefficient (Wildman–Crippen LogP) is 19.2. The zero-order valence-corrected chi connectivity index (χ0v) is 49.8. The van der Waals surface area contributed by atoms with Gasteiger partial charge in [-0.05, 0) is 61.3 Å². The zero-order valence-electron chi connectivity index (χ0n) is 47.0. The number of aryl methyl sites for hydroxylation is 1. The maximum atomic E-state index is 12.7. The van der Waals surface area contributed by atoms with Crippen molar-refractivity contribution in [1.29, 1.82) is 0 Å². The number of unbranched alkanes of at least 4 members (excludes halogenated alkanes) is 48. The van der Waals surface area contributed by atoms with Crippen LogP contribution < -0.4 is 29.6 Å². The molecule has 0 unspecified atom stereocenters. The molecule has 0 aliphatic carbocycles. The monoisotopic (exact) mass is 979 g/mol. The third-order valence-electron chi connectivity index (χ3n) is 15.4. The Morgan fingerprint density at radius 3 is 0.691 bits per heavy atom. The molecule has 0 bridgehead atoms. The second-order valence-electron chi connectivity index (χ2n) is 21.9. The molecule has 68 heavy (non-hydrogen) atoms. The Morgan fingerprint density at radius 2 is 0.471 bits per heavy atom. The third kappa shape index (κ3) is 43.7. The molecular weight excluding hydrogens is 860 g/mol. The van der Waals surface area contributed by atoms with E-state index in [9.17, 15) is 13.0 Å². The summed E-state index contributed by atoms with van der Waals surface area (Å²) in [7, 11) is -4.51. The standard InChI is InChI=1S/C63H120O3S.Na/c1-4-7-10-13-16-19-22-25-28-31-34-37-40-43-46-49-52-55-60-58-59-63(67(64,65)66)62(57-54-51-48-45-42-39-36-33-30-27-24-21-18-15-12-9-6-3)61(60)56-53-50-47-44-41-38-35-32-29-26-23-20-17-14-11-8-5-2;/h58-59H,4-57H2,1-3H3,(H,64,65,66);/q;+1/p-1. The summed E-state index contributed by atoms with van der Waals surface area (Å²) in [6.07, 6.45) is 71.9. The fraction of sp³-hybridized carbons (Fsp3) is 0.905. The number of rotatable bonds is 55. The van der Waals surface area contributed by atoms with Crippen LogP contribution in [0.1, 0.15) is 365 Å². The van der Waals surface area contributed by atoms with E-state index in [0.29, 0.717) is 0 Å². The van der Waals surface area contributed by atoms with Gasteiger partial charge in [-0.15, -0.1) is 0 Å². The van der Waals surface area contributed by atoms with E-state index in [1.807, 2.05) is 6.07 Å². The molecule has 0 spiro atoms. The summed E-state index contributed by atoms with van der Waals surface area (Å²) in [6.45, 7) is 6.89. The van der Waals surface area contributed by atoms with Crippen molar-refractivity contribution in [2.45, 2.75) is 372 Å². The van der Waals surface area contributed by atoms with E-state index < -0.39 is 10.1 Å². The fourth-order valence-electron chi connectivity index (χ4n) is 10.9. The fourth-order valence-corrected chi connectivity index (χ4v) is 11.6. The molecule has 0 heterocycles. The number of hydrogen-bond acceptors (Lipinski definition) is 3. The summed E-state index contributed by atoms with van der Waals surface area (Å²) in [5.74, 6) is 0. The van der Waals surface area contributed by atoms with Crippen LogP contribution in [0.4, 0.5) is 0 Å². The molecular formula is C63H119NaO3S. The van der Waals surface area contributed by atoms with Crippen LogP contribution in [0.3, 0.4) is 0 Å². The maximum absolute atomic E-state index is 12.7. The van der Waals surface area contributed by atoms with Gasteiger partial charge in [-0.1, -0.05) is 335 Å². The number of hydrogen-bond donors (Lipinski definition) is 0. The van der Waals surface area contributed by atoms with Crippen molar-refractivity contribution >= 4 is 10.1 Å². The average molecular weight is 980 g/mol. The molecule has 0 aromatic heterocycles. The van der Waals surface area contributed by atoms with Crippen LogP contribution in [0.2, 0.25) is 0 Å². The van der Waals surface area contributed by atoms with Crippen LogP contribution in [-0.2, 0) is 29.4 Å². The van der Waals surface area contributed by atoms with Crippen LogP contribution in [0, 0.1) is 0 Å². The van der Waals surface area contributed by atoms with Crippen LogP contribution in [0.5, 0.6) is 0 Å². The second kappa shape index (κ2) is 53.4. The minimum absolute atomic E-state index is 0. The second-order valence-corrected chi connectivity index (χ2v) is 23.2. The molecule has 0 radical (unpaired) electrons. The van der Waals surface area contributed by atoms with E-state index in [-0.39, 0.29) is 34.5 Å². The van der Waals surface area contributed by atoms with Gasteiger partial charge >= 0.3 is 29.6 Å². The Bertz CT molecular complexity index is 1260. The molecule has 0 atom stereocenters. The molecule has 0 fully saturated rings. The first-order valence-electron chi connectivity index (χ1n) is 31.0. The molecule has 1 aromatic carbocycles. The largest absolute Gasteiger partial charge is 1.00 e. The molecule has 1 rings (SSSR count). The Kier molecular flexibility index (Phi) is 53.5. The van der Waals surface area contributed by atoms with E-state index in [4.69, 9.17) is 0 Å². The predicted molar refractivity (Wildman–Crippen MR) is 298 cm³/mol. The van der Waals surface area contributed by atoms with E-state index in [1.54, 1.807) is 6.07 Å². The first kappa shape index (κ1) is 68.1. The van der Waals surface area contributed by atoms with Gasteiger partial charge in [0.25, 0.3) is 0 Å². The van der Waals surface area contributed by atoms with Gasteiger partial charge in [-0.2, -0.15) is 0 Å². The smallest absolute Gasteiger partial charge is 0.744 e. The molecule has 0 aliphatic rings. The number of benzene rings is 1. The molecule has 396 valence electrons. The van der Waals surface area contributed by atoms with E-state index in [0.717, 1.165) is 50.5 Å². The Balaban J connectivity index is 0.0000449. The first-order valence-corrected chi connectivity index (χ1v) is 32.5. The molecule has 0 saturated heterocycles. The van der Waals surface area contributed by atoms with Crippen molar-refractivity contribution in [1.82, 2.24) is 0 Å². The summed E-state index contributed by atoms with van der Waals surface area (Å²) in [4.78, 5) is 0.0807. The average Bonchev–Trinajstić information content (AvgIpc) is 3.32. The van der Waals surface area contributed by atoms with Gasteiger partial charge in [0.1, 0.15) is 10.1 Å². The van der Waals surface area contributed by atoms with Crippen LogP contribution in [0.25, 0.3) is 0 Å². The Morgan fingerprint density at radius 1 is 0.279 bits per heavy atom. The molecule has 3 nitrogen and oxygen atoms in total. The minimum Gasteiger partial charge on any atom is -0.744 e. The summed E-state index contributed by atoms with van der Waals surface area (Å²) in [5.41, 5.74) is 3.44. The topological polar surface area (TPSA) is 57.2 Å². The molecule has 1 aromatic rings.